The molecule has 2 rings (SSSR count). The Bertz CT molecular complexity index is 588. The average Bonchev–Trinajstić information content (AvgIpc) is 2.42. The standard InChI is InChI=1S/C11H14F2N2O4S/c12-8-3-9(13)11(4-10(8)14)20(16,17)15-5-7-6-18-1-2-19-7/h3-4,7,15H,1-2,5-6,14H2. The first kappa shape index (κ1) is 15.1. The molecule has 1 aromatic carbocycles. The van der Waals surface area contributed by atoms with E-state index in [9.17, 15) is 17.2 Å². The van der Waals surface area contributed by atoms with Crippen molar-refractivity contribution < 1.29 is 26.7 Å². The van der Waals surface area contributed by atoms with Gasteiger partial charge in [-0.1, -0.05) is 0 Å². The first-order chi connectivity index (χ1) is 9.40. The van der Waals surface area contributed by atoms with Crippen molar-refractivity contribution in [3.8, 4) is 0 Å². The molecule has 112 valence electrons. The molecule has 1 fully saturated rings. The number of hydrogen-bond acceptors (Lipinski definition) is 5. The second-order valence-corrected chi connectivity index (χ2v) is 5.96. The zero-order chi connectivity index (χ0) is 14.8. The minimum absolute atomic E-state index is 0.0704. The van der Waals surface area contributed by atoms with Gasteiger partial charge in [0.2, 0.25) is 10.0 Å². The number of nitrogens with two attached hydrogens (primary N) is 1. The Morgan fingerprint density at radius 1 is 1.30 bits per heavy atom. The summed E-state index contributed by atoms with van der Waals surface area (Å²) in [5.74, 6) is -2.21. The van der Waals surface area contributed by atoms with Crippen LogP contribution in [0.2, 0.25) is 0 Å². The molecule has 0 aliphatic carbocycles. The molecule has 1 aliphatic heterocycles. The van der Waals surface area contributed by atoms with E-state index in [1.54, 1.807) is 0 Å². The van der Waals surface area contributed by atoms with Gasteiger partial charge in [0.15, 0.2) is 0 Å². The summed E-state index contributed by atoms with van der Waals surface area (Å²) in [6.07, 6.45) is -0.445. The fourth-order valence-corrected chi connectivity index (χ4v) is 2.84. The van der Waals surface area contributed by atoms with E-state index in [1.807, 2.05) is 0 Å². The highest BCUT2D eigenvalue weighted by Crippen LogP contribution is 2.20. The molecular formula is C11H14F2N2O4S. The monoisotopic (exact) mass is 308 g/mol. The Hall–Kier alpha value is -1.29. The predicted octanol–water partition coefficient (Wildman–Crippen LogP) is 0.241. The summed E-state index contributed by atoms with van der Waals surface area (Å²) in [4.78, 5) is -0.701. The van der Waals surface area contributed by atoms with Gasteiger partial charge in [-0.2, -0.15) is 0 Å². The van der Waals surface area contributed by atoms with Crippen molar-refractivity contribution in [3.63, 3.8) is 0 Å². The highest BCUT2D eigenvalue weighted by atomic mass is 32.2. The largest absolute Gasteiger partial charge is 0.396 e. The number of nitrogen functional groups attached to an aromatic ring is 1. The highest BCUT2D eigenvalue weighted by Gasteiger charge is 2.23. The van der Waals surface area contributed by atoms with Crippen molar-refractivity contribution in [1.82, 2.24) is 4.72 Å². The van der Waals surface area contributed by atoms with Crippen LogP contribution in [0.25, 0.3) is 0 Å². The topological polar surface area (TPSA) is 90.7 Å². The number of nitrogens with one attached hydrogen (secondary N) is 1. The van der Waals surface area contributed by atoms with Gasteiger partial charge in [-0.25, -0.2) is 21.9 Å². The summed E-state index contributed by atoms with van der Waals surface area (Å²) in [7, 11) is -4.14. The normalized spacial score (nSPS) is 20.0. The molecule has 6 nitrogen and oxygen atoms in total. The first-order valence-corrected chi connectivity index (χ1v) is 7.32. The Morgan fingerprint density at radius 3 is 2.70 bits per heavy atom. The van der Waals surface area contributed by atoms with E-state index in [1.165, 1.54) is 0 Å². The number of halogens is 2. The van der Waals surface area contributed by atoms with Crippen LogP contribution >= 0.6 is 0 Å². The minimum atomic E-state index is -4.14. The van der Waals surface area contributed by atoms with Crippen molar-refractivity contribution in [2.45, 2.75) is 11.0 Å². The molecule has 0 amide bonds. The molecule has 1 aliphatic rings. The molecule has 1 unspecified atom stereocenters. The lowest BCUT2D eigenvalue weighted by molar-refractivity contribution is -0.0847. The SMILES string of the molecule is Nc1cc(S(=O)(=O)NCC2COCCO2)c(F)cc1F. The van der Waals surface area contributed by atoms with Gasteiger partial charge in [0.05, 0.1) is 31.6 Å². The van der Waals surface area contributed by atoms with Crippen LogP contribution in [0.4, 0.5) is 14.5 Å². The third-order valence-corrected chi connectivity index (χ3v) is 4.17. The quantitative estimate of drug-likeness (QED) is 0.778. The van der Waals surface area contributed by atoms with Crippen molar-refractivity contribution in [2.75, 3.05) is 32.1 Å². The van der Waals surface area contributed by atoms with E-state index in [-0.39, 0.29) is 13.2 Å². The van der Waals surface area contributed by atoms with Crippen molar-refractivity contribution in [3.05, 3.63) is 23.8 Å². The fraction of sp³-hybridized carbons (Fsp3) is 0.455. The summed E-state index contributed by atoms with van der Waals surface area (Å²) in [5, 5.41) is 0. The van der Waals surface area contributed by atoms with Crippen molar-refractivity contribution in [1.29, 1.82) is 0 Å². The van der Waals surface area contributed by atoms with Gasteiger partial charge < -0.3 is 15.2 Å². The molecule has 1 aromatic rings. The third kappa shape index (κ3) is 3.42. The number of sulfonamides is 1. The molecule has 0 saturated carbocycles. The summed E-state index contributed by atoms with van der Waals surface area (Å²) in [6.45, 7) is 0.992. The van der Waals surface area contributed by atoms with Gasteiger partial charge in [-0.15, -0.1) is 0 Å². The lowest BCUT2D eigenvalue weighted by Crippen LogP contribution is -2.39. The van der Waals surface area contributed by atoms with Crippen LogP contribution in [0.15, 0.2) is 17.0 Å². The van der Waals surface area contributed by atoms with Crippen LogP contribution in [-0.2, 0) is 19.5 Å². The molecule has 1 saturated heterocycles. The summed E-state index contributed by atoms with van der Waals surface area (Å²) in [5.41, 5.74) is 4.81. The van der Waals surface area contributed by atoms with Gasteiger partial charge in [0.1, 0.15) is 16.5 Å². The van der Waals surface area contributed by atoms with Crippen LogP contribution in [-0.4, -0.2) is 40.9 Å². The lowest BCUT2D eigenvalue weighted by Gasteiger charge is -2.23. The van der Waals surface area contributed by atoms with Crippen LogP contribution < -0.4 is 10.5 Å². The molecule has 0 radical (unpaired) electrons. The smallest absolute Gasteiger partial charge is 0.243 e. The number of hydrogen-bond donors (Lipinski definition) is 2. The predicted molar refractivity (Wildman–Crippen MR) is 66.5 cm³/mol. The molecule has 1 heterocycles. The molecule has 9 heteroatoms. The second-order valence-electron chi connectivity index (χ2n) is 4.22. The van der Waals surface area contributed by atoms with Gasteiger partial charge in [-0.3, -0.25) is 0 Å². The molecule has 0 spiro atoms. The second kappa shape index (κ2) is 6.00. The zero-order valence-electron chi connectivity index (χ0n) is 10.4. The van der Waals surface area contributed by atoms with Crippen LogP contribution in [0, 0.1) is 11.6 Å². The maximum absolute atomic E-state index is 13.5. The van der Waals surface area contributed by atoms with Gasteiger partial charge in [0.25, 0.3) is 0 Å². The van der Waals surface area contributed by atoms with E-state index in [0.29, 0.717) is 19.3 Å². The first-order valence-electron chi connectivity index (χ1n) is 5.83. The maximum atomic E-state index is 13.5. The third-order valence-electron chi connectivity index (χ3n) is 2.73. The Labute approximate surface area is 114 Å². The van der Waals surface area contributed by atoms with Gasteiger partial charge in [0, 0.05) is 12.6 Å². The number of ether oxygens (including phenoxy) is 2. The fourth-order valence-electron chi connectivity index (χ4n) is 1.69. The molecule has 0 bridgehead atoms. The van der Waals surface area contributed by atoms with Crippen molar-refractivity contribution in [2.24, 2.45) is 0 Å². The van der Waals surface area contributed by atoms with E-state index in [4.69, 9.17) is 15.2 Å². The summed E-state index contributed by atoms with van der Waals surface area (Å²) in [6, 6.07) is 1.18. The van der Waals surface area contributed by atoms with Crippen molar-refractivity contribution >= 4 is 15.7 Å². The van der Waals surface area contributed by atoms with Crippen LogP contribution in [0.1, 0.15) is 0 Å². The van der Waals surface area contributed by atoms with Crippen LogP contribution in [0.3, 0.4) is 0 Å². The lowest BCUT2D eigenvalue weighted by atomic mass is 10.3. The minimum Gasteiger partial charge on any atom is -0.396 e. The molecule has 3 N–H and O–H groups in total. The number of anilines is 1. The average molecular weight is 308 g/mol. The highest BCUT2D eigenvalue weighted by molar-refractivity contribution is 7.89. The van der Waals surface area contributed by atoms with E-state index in [2.05, 4.69) is 4.72 Å². The molecule has 20 heavy (non-hydrogen) atoms. The van der Waals surface area contributed by atoms with E-state index < -0.39 is 38.3 Å². The number of benzene rings is 1. The molecular weight excluding hydrogens is 294 g/mol. The van der Waals surface area contributed by atoms with E-state index >= 15 is 0 Å². The Balaban J connectivity index is 2.11. The number of rotatable bonds is 4. The molecule has 1 atom stereocenters. The van der Waals surface area contributed by atoms with Gasteiger partial charge >= 0.3 is 0 Å². The van der Waals surface area contributed by atoms with Gasteiger partial charge in [-0.05, 0) is 6.07 Å². The van der Waals surface area contributed by atoms with Crippen LogP contribution in [0.5, 0.6) is 0 Å². The maximum Gasteiger partial charge on any atom is 0.243 e. The molecule has 0 aromatic heterocycles. The zero-order valence-corrected chi connectivity index (χ0v) is 11.3. The summed E-state index contributed by atoms with van der Waals surface area (Å²) >= 11 is 0. The van der Waals surface area contributed by atoms with E-state index in [0.717, 1.165) is 6.07 Å². The Morgan fingerprint density at radius 2 is 2.05 bits per heavy atom. The Kier molecular flexibility index (Phi) is 4.53. The summed E-state index contributed by atoms with van der Waals surface area (Å²) < 4.78 is 62.9.